The first-order valence-corrected chi connectivity index (χ1v) is 9.75. The number of guanidine groups is 1. The molecule has 4 unspecified atom stereocenters. The van der Waals surface area contributed by atoms with Crippen molar-refractivity contribution in [1.82, 2.24) is 15.5 Å². The van der Waals surface area contributed by atoms with Crippen LogP contribution in [-0.4, -0.2) is 55.8 Å². The lowest BCUT2D eigenvalue weighted by atomic mass is 9.96. The van der Waals surface area contributed by atoms with Gasteiger partial charge in [0.1, 0.15) is 0 Å². The van der Waals surface area contributed by atoms with Crippen LogP contribution >= 0.6 is 0 Å². The van der Waals surface area contributed by atoms with E-state index < -0.39 is 0 Å². The van der Waals surface area contributed by atoms with Gasteiger partial charge in [-0.05, 0) is 50.8 Å². The summed E-state index contributed by atoms with van der Waals surface area (Å²) in [6, 6.07) is 11.7. The van der Waals surface area contributed by atoms with Crippen molar-refractivity contribution in [3.63, 3.8) is 0 Å². The summed E-state index contributed by atoms with van der Waals surface area (Å²) in [6.07, 6.45) is 6.95. The maximum absolute atomic E-state index is 5.95. The smallest absolute Gasteiger partial charge is 0.191 e. The monoisotopic (exact) mass is 342 g/mol. The molecule has 3 aliphatic rings. The highest BCUT2D eigenvalue weighted by molar-refractivity contribution is 5.80. The quantitative estimate of drug-likeness (QED) is 0.637. The van der Waals surface area contributed by atoms with Gasteiger partial charge in [-0.15, -0.1) is 0 Å². The maximum atomic E-state index is 5.95. The maximum Gasteiger partial charge on any atom is 0.191 e. The molecule has 4 rings (SSSR count). The van der Waals surface area contributed by atoms with Gasteiger partial charge in [-0.25, -0.2) is 0 Å². The Hall–Kier alpha value is -1.59. The Bertz CT molecular complexity index is 585. The van der Waals surface area contributed by atoms with Crippen LogP contribution in [0.5, 0.6) is 0 Å². The molecule has 1 aromatic rings. The summed E-state index contributed by atoms with van der Waals surface area (Å²) >= 11 is 0. The predicted molar refractivity (Wildman–Crippen MR) is 101 cm³/mol. The second-order valence-electron chi connectivity index (χ2n) is 7.48. The molecular weight excluding hydrogens is 312 g/mol. The van der Waals surface area contributed by atoms with Crippen LogP contribution in [-0.2, 0) is 4.74 Å². The van der Waals surface area contributed by atoms with Gasteiger partial charge in [-0.2, -0.15) is 0 Å². The zero-order chi connectivity index (χ0) is 17.1. The van der Waals surface area contributed by atoms with E-state index >= 15 is 0 Å². The minimum atomic E-state index is 0.368. The molecule has 0 amide bonds. The Labute approximate surface area is 150 Å². The van der Waals surface area contributed by atoms with E-state index in [0.717, 1.165) is 18.9 Å². The summed E-state index contributed by atoms with van der Waals surface area (Å²) in [4.78, 5) is 7.04. The van der Waals surface area contributed by atoms with Gasteiger partial charge >= 0.3 is 0 Å². The van der Waals surface area contributed by atoms with Crippen molar-refractivity contribution in [1.29, 1.82) is 0 Å². The van der Waals surface area contributed by atoms with Crippen molar-refractivity contribution < 1.29 is 4.74 Å². The molecule has 0 radical (unpaired) electrons. The Kier molecular flexibility index (Phi) is 5.22. The lowest BCUT2D eigenvalue weighted by Crippen LogP contribution is -2.49. The molecule has 4 atom stereocenters. The lowest BCUT2D eigenvalue weighted by molar-refractivity contribution is 0.0992. The van der Waals surface area contributed by atoms with E-state index in [1.165, 1.54) is 44.3 Å². The van der Waals surface area contributed by atoms with Gasteiger partial charge in [0, 0.05) is 13.6 Å². The number of ether oxygens (including phenoxy) is 1. The van der Waals surface area contributed by atoms with Gasteiger partial charge in [0.05, 0.1) is 24.3 Å². The summed E-state index contributed by atoms with van der Waals surface area (Å²) in [5, 5.41) is 7.16. The molecule has 5 nitrogen and oxygen atoms in total. The zero-order valence-electron chi connectivity index (χ0n) is 15.2. The van der Waals surface area contributed by atoms with Crippen LogP contribution in [0, 0.1) is 0 Å². The van der Waals surface area contributed by atoms with Crippen LogP contribution in [0.1, 0.15) is 43.7 Å². The van der Waals surface area contributed by atoms with E-state index in [1.807, 2.05) is 7.05 Å². The van der Waals surface area contributed by atoms with Gasteiger partial charge in [-0.1, -0.05) is 30.3 Å². The molecule has 3 saturated heterocycles. The van der Waals surface area contributed by atoms with Crippen molar-refractivity contribution in [2.45, 2.75) is 56.4 Å². The molecule has 136 valence electrons. The van der Waals surface area contributed by atoms with Crippen molar-refractivity contribution >= 4 is 5.96 Å². The molecule has 0 spiro atoms. The van der Waals surface area contributed by atoms with E-state index in [2.05, 4.69) is 50.9 Å². The molecule has 3 heterocycles. The third-order valence-electron chi connectivity index (χ3n) is 5.88. The second-order valence-corrected chi connectivity index (χ2v) is 7.48. The summed E-state index contributed by atoms with van der Waals surface area (Å²) in [6.45, 7) is 3.26. The normalized spacial score (nSPS) is 30.6. The Balaban J connectivity index is 1.37. The minimum absolute atomic E-state index is 0.368. The van der Waals surface area contributed by atoms with Crippen molar-refractivity contribution in [2.75, 3.05) is 26.7 Å². The van der Waals surface area contributed by atoms with Crippen LogP contribution < -0.4 is 10.6 Å². The molecule has 3 aliphatic heterocycles. The SMILES string of the molecule is CN=C(NCC(c1ccccc1)N1CCCC1)NC1CC2CCC1O2. The molecular formula is C20H30N4O. The molecule has 2 bridgehead atoms. The fourth-order valence-electron chi connectivity index (χ4n) is 4.54. The molecule has 1 aromatic carbocycles. The summed E-state index contributed by atoms with van der Waals surface area (Å²) in [7, 11) is 1.86. The molecule has 0 saturated carbocycles. The van der Waals surface area contributed by atoms with Crippen LogP contribution in [0.15, 0.2) is 35.3 Å². The number of benzene rings is 1. The van der Waals surface area contributed by atoms with E-state index in [-0.39, 0.29) is 0 Å². The fraction of sp³-hybridized carbons (Fsp3) is 0.650. The Morgan fingerprint density at radius 1 is 1.24 bits per heavy atom. The van der Waals surface area contributed by atoms with Crippen molar-refractivity contribution in [3.05, 3.63) is 35.9 Å². The van der Waals surface area contributed by atoms with Gasteiger partial charge in [-0.3, -0.25) is 9.89 Å². The first-order valence-electron chi connectivity index (χ1n) is 9.75. The number of hydrogen-bond donors (Lipinski definition) is 2. The fourth-order valence-corrected chi connectivity index (χ4v) is 4.54. The van der Waals surface area contributed by atoms with E-state index in [4.69, 9.17) is 4.74 Å². The van der Waals surface area contributed by atoms with Crippen LogP contribution in [0.25, 0.3) is 0 Å². The third-order valence-corrected chi connectivity index (χ3v) is 5.88. The Morgan fingerprint density at radius 3 is 2.68 bits per heavy atom. The minimum Gasteiger partial charge on any atom is -0.373 e. The number of aliphatic imine (C=N–C) groups is 1. The average Bonchev–Trinajstić information content (AvgIpc) is 3.40. The molecule has 0 aliphatic carbocycles. The Morgan fingerprint density at radius 2 is 2.04 bits per heavy atom. The van der Waals surface area contributed by atoms with Crippen molar-refractivity contribution in [2.24, 2.45) is 4.99 Å². The number of rotatable bonds is 5. The lowest BCUT2D eigenvalue weighted by Gasteiger charge is -2.30. The molecule has 5 heteroatoms. The van der Waals surface area contributed by atoms with Gasteiger partial charge in [0.2, 0.25) is 0 Å². The number of hydrogen-bond acceptors (Lipinski definition) is 3. The highest BCUT2D eigenvalue weighted by Crippen LogP contribution is 2.34. The molecule has 3 fully saturated rings. The van der Waals surface area contributed by atoms with Gasteiger partial charge < -0.3 is 15.4 Å². The first-order chi connectivity index (χ1) is 12.3. The number of nitrogens with one attached hydrogen (secondary N) is 2. The van der Waals surface area contributed by atoms with E-state index in [0.29, 0.717) is 24.3 Å². The molecule has 25 heavy (non-hydrogen) atoms. The predicted octanol–water partition coefficient (Wildman–Crippen LogP) is 2.31. The number of fused-ring (bicyclic) bond motifs is 2. The first kappa shape index (κ1) is 16.9. The summed E-state index contributed by atoms with van der Waals surface area (Å²) < 4.78 is 5.95. The largest absolute Gasteiger partial charge is 0.373 e. The third kappa shape index (κ3) is 3.82. The summed E-state index contributed by atoms with van der Waals surface area (Å²) in [5.41, 5.74) is 1.38. The topological polar surface area (TPSA) is 48.9 Å². The van der Waals surface area contributed by atoms with Crippen LogP contribution in [0.2, 0.25) is 0 Å². The van der Waals surface area contributed by atoms with Crippen molar-refractivity contribution in [3.8, 4) is 0 Å². The zero-order valence-corrected chi connectivity index (χ0v) is 15.2. The molecule has 2 N–H and O–H groups in total. The van der Waals surface area contributed by atoms with Crippen LogP contribution in [0.3, 0.4) is 0 Å². The summed E-state index contributed by atoms with van der Waals surface area (Å²) in [5.74, 6) is 0.904. The van der Waals surface area contributed by atoms with Crippen LogP contribution in [0.4, 0.5) is 0 Å². The average molecular weight is 342 g/mol. The van der Waals surface area contributed by atoms with E-state index in [9.17, 15) is 0 Å². The number of likely N-dealkylation sites (tertiary alicyclic amines) is 1. The highest BCUT2D eigenvalue weighted by Gasteiger charge is 2.41. The number of nitrogens with zero attached hydrogens (tertiary/aromatic N) is 2. The van der Waals surface area contributed by atoms with Gasteiger partial charge in [0.25, 0.3) is 0 Å². The molecule has 0 aromatic heterocycles. The van der Waals surface area contributed by atoms with Gasteiger partial charge in [0.15, 0.2) is 5.96 Å². The van der Waals surface area contributed by atoms with E-state index in [1.54, 1.807) is 0 Å². The standard InChI is InChI=1S/C20H30N4O/c1-21-20(23-17-13-16-9-10-19(17)25-16)22-14-18(24-11-5-6-12-24)15-7-3-2-4-8-15/h2-4,7-8,16-19H,5-6,9-14H2,1H3,(H2,21,22,23). The second kappa shape index (κ2) is 7.75. The highest BCUT2D eigenvalue weighted by atomic mass is 16.5.